The first-order valence-corrected chi connectivity index (χ1v) is 8.66. The normalized spacial score (nSPS) is 14.3. The summed E-state index contributed by atoms with van der Waals surface area (Å²) in [6.07, 6.45) is 0. The fourth-order valence-electron chi connectivity index (χ4n) is 4.31. The second kappa shape index (κ2) is 5.37. The highest BCUT2D eigenvalue weighted by Crippen LogP contribution is 2.47. The van der Waals surface area contributed by atoms with E-state index in [4.69, 9.17) is 4.63 Å². The number of para-hydroxylation sites is 1. The molecule has 0 unspecified atom stereocenters. The van der Waals surface area contributed by atoms with E-state index in [0.717, 1.165) is 27.7 Å². The number of hydrogen-bond acceptors (Lipinski definition) is 6. The van der Waals surface area contributed by atoms with Gasteiger partial charge in [-0.25, -0.2) is 4.63 Å². The predicted molar refractivity (Wildman–Crippen MR) is 100 cm³/mol. The van der Waals surface area contributed by atoms with Crippen LogP contribution >= 0.6 is 0 Å². The van der Waals surface area contributed by atoms with Crippen LogP contribution in [0.3, 0.4) is 0 Å². The van der Waals surface area contributed by atoms with E-state index in [0.29, 0.717) is 35.2 Å². The van der Waals surface area contributed by atoms with Crippen LogP contribution in [-0.2, 0) is 20.1 Å². The SMILES string of the molecule is Cc1c(-c2c([N+](=O)[O-])c3c(c4nonc24)CN(C)C3)c2ccccc2n1C. The van der Waals surface area contributed by atoms with Gasteiger partial charge in [0, 0.05) is 47.9 Å². The molecule has 0 bridgehead atoms. The highest BCUT2D eigenvalue weighted by Gasteiger charge is 2.36. The van der Waals surface area contributed by atoms with Crippen molar-refractivity contribution in [2.24, 2.45) is 7.05 Å². The molecule has 4 aromatic rings. The van der Waals surface area contributed by atoms with Gasteiger partial charge >= 0.3 is 0 Å². The molecule has 0 fully saturated rings. The molecule has 0 spiro atoms. The molecule has 0 aliphatic carbocycles. The monoisotopic (exact) mass is 363 g/mol. The summed E-state index contributed by atoms with van der Waals surface area (Å²) in [6.45, 7) is 3.07. The van der Waals surface area contributed by atoms with E-state index in [1.54, 1.807) is 0 Å². The Kier molecular flexibility index (Phi) is 3.17. The summed E-state index contributed by atoms with van der Waals surface area (Å²) >= 11 is 0. The second-order valence-electron chi connectivity index (χ2n) is 7.11. The Hall–Kier alpha value is -3.26. The molecule has 8 heteroatoms. The summed E-state index contributed by atoms with van der Waals surface area (Å²) in [5, 5.41) is 21.3. The molecular weight excluding hydrogens is 346 g/mol. The molecule has 0 saturated carbocycles. The molecule has 5 rings (SSSR count). The number of rotatable bonds is 2. The lowest BCUT2D eigenvalue weighted by atomic mass is 9.93. The Morgan fingerprint density at radius 2 is 1.78 bits per heavy atom. The van der Waals surface area contributed by atoms with Crippen LogP contribution in [0.15, 0.2) is 28.9 Å². The summed E-state index contributed by atoms with van der Waals surface area (Å²) < 4.78 is 7.08. The van der Waals surface area contributed by atoms with E-state index in [2.05, 4.69) is 10.3 Å². The number of nitro groups is 1. The Morgan fingerprint density at radius 1 is 1.07 bits per heavy atom. The van der Waals surface area contributed by atoms with Crippen molar-refractivity contribution in [1.82, 2.24) is 19.8 Å². The molecule has 136 valence electrons. The molecule has 1 aliphatic heterocycles. The van der Waals surface area contributed by atoms with Gasteiger partial charge in [-0.1, -0.05) is 18.2 Å². The lowest BCUT2D eigenvalue weighted by Gasteiger charge is -2.09. The number of aromatic nitrogens is 3. The minimum Gasteiger partial charge on any atom is -0.347 e. The Labute approximate surface area is 154 Å². The zero-order chi connectivity index (χ0) is 18.9. The Morgan fingerprint density at radius 3 is 2.56 bits per heavy atom. The van der Waals surface area contributed by atoms with Crippen molar-refractivity contribution >= 4 is 27.6 Å². The van der Waals surface area contributed by atoms with Gasteiger partial charge in [0.1, 0.15) is 11.0 Å². The van der Waals surface area contributed by atoms with Gasteiger partial charge in [-0.05, 0) is 30.4 Å². The Balaban J connectivity index is 2.01. The zero-order valence-electron chi connectivity index (χ0n) is 15.2. The van der Waals surface area contributed by atoms with Crippen LogP contribution in [0.4, 0.5) is 5.69 Å². The Bertz CT molecular complexity index is 1250. The molecular formula is C19H17N5O3. The third-order valence-electron chi connectivity index (χ3n) is 5.59. The van der Waals surface area contributed by atoms with Crippen LogP contribution in [0, 0.1) is 17.0 Å². The van der Waals surface area contributed by atoms with E-state index in [1.807, 2.05) is 54.8 Å². The first-order valence-electron chi connectivity index (χ1n) is 8.66. The van der Waals surface area contributed by atoms with Crippen molar-refractivity contribution in [3.05, 3.63) is 51.2 Å². The largest absolute Gasteiger partial charge is 0.347 e. The van der Waals surface area contributed by atoms with Gasteiger partial charge in [0.2, 0.25) is 0 Å². The molecule has 0 saturated heterocycles. The zero-order valence-corrected chi connectivity index (χ0v) is 15.2. The summed E-state index contributed by atoms with van der Waals surface area (Å²) in [4.78, 5) is 13.9. The van der Waals surface area contributed by atoms with E-state index in [1.165, 1.54) is 0 Å². The number of aryl methyl sites for hydroxylation is 1. The first kappa shape index (κ1) is 16.0. The van der Waals surface area contributed by atoms with Gasteiger partial charge < -0.3 is 4.57 Å². The van der Waals surface area contributed by atoms with Gasteiger partial charge in [0.15, 0.2) is 0 Å². The van der Waals surface area contributed by atoms with Crippen molar-refractivity contribution in [3.8, 4) is 11.1 Å². The van der Waals surface area contributed by atoms with Gasteiger partial charge in [-0.15, -0.1) is 0 Å². The summed E-state index contributed by atoms with van der Waals surface area (Å²) in [5.41, 5.74) is 5.98. The number of fused-ring (bicyclic) bond motifs is 4. The molecule has 27 heavy (non-hydrogen) atoms. The van der Waals surface area contributed by atoms with Crippen LogP contribution in [0.1, 0.15) is 16.8 Å². The molecule has 0 N–H and O–H groups in total. The maximum atomic E-state index is 12.2. The second-order valence-corrected chi connectivity index (χ2v) is 7.11. The maximum absolute atomic E-state index is 12.2. The highest BCUT2D eigenvalue weighted by molar-refractivity contribution is 6.09. The molecule has 2 aromatic carbocycles. The molecule has 0 amide bonds. The molecule has 3 heterocycles. The summed E-state index contributed by atoms with van der Waals surface area (Å²) in [7, 11) is 3.90. The number of nitro benzene ring substituents is 1. The van der Waals surface area contributed by atoms with Crippen LogP contribution in [-0.4, -0.2) is 31.8 Å². The highest BCUT2D eigenvalue weighted by atomic mass is 16.6. The van der Waals surface area contributed by atoms with Crippen molar-refractivity contribution < 1.29 is 9.55 Å². The number of nitrogens with zero attached hydrogens (tertiary/aromatic N) is 5. The quantitative estimate of drug-likeness (QED) is 0.400. The van der Waals surface area contributed by atoms with Gasteiger partial charge in [0.05, 0.1) is 16.1 Å². The molecule has 8 nitrogen and oxygen atoms in total. The summed E-state index contributed by atoms with van der Waals surface area (Å²) in [5.74, 6) is 0. The van der Waals surface area contributed by atoms with Gasteiger partial charge in [-0.2, -0.15) is 0 Å². The smallest absolute Gasteiger partial charge is 0.284 e. The van der Waals surface area contributed by atoms with Crippen LogP contribution in [0.5, 0.6) is 0 Å². The van der Waals surface area contributed by atoms with Gasteiger partial charge in [-0.3, -0.25) is 15.0 Å². The molecule has 2 aromatic heterocycles. The molecule has 0 atom stereocenters. The topological polar surface area (TPSA) is 90.2 Å². The first-order chi connectivity index (χ1) is 13.0. The van der Waals surface area contributed by atoms with Crippen LogP contribution in [0.2, 0.25) is 0 Å². The molecule has 0 radical (unpaired) electrons. The van der Waals surface area contributed by atoms with Crippen molar-refractivity contribution in [1.29, 1.82) is 0 Å². The van der Waals surface area contributed by atoms with Crippen molar-refractivity contribution in [2.45, 2.75) is 20.0 Å². The van der Waals surface area contributed by atoms with Crippen molar-refractivity contribution in [2.75, 3.05) is 7.05 Å². The fourth-order valence-corrected chi connectivity index (χ4v) is 4.31. The minimum atomic E-state index is -0.289. The standard InChI is InChI=1S/C19H17N5O3/c1-10-15(11-6-4-5-7-14(11)23(10)3)16-18-17(20-27-21-18)12-8-22(2)9-13(12)19(16)24(25)26/h4-7H,8-9H2,1-3H3. The lowest BCUT2D eigenvalue weighted by molar-refractivity contribution is -0.384. The number of hydrogen-bond donors (Lipinski definition) is 0. The fraction of sp³-hybridized carbons (Fsp3) is 0.263. The van der Waals surface area contributed by atoms with Crippen molar-refractivity contribution in [3.63, 3.8) is 0 Å². The van der Waals surface area contributed by atoms with E-state index >= 15 is 0 Å². The van der Waals surface area contributed by atoms with E-state index in [9.17, 15) is 10.1 Å². The average Bonchev–Trinajstić information content (AvgIpc) is 3.32. The predicted octanol–water partition coefficient (Wildman–Crippen LogP) is 3.54. The van der Waals surface area contributed by atoms with Crippen LogP contribution < -0.4 is 0 Å². The third-order valence-corrected chi connectivity index (χ3v) is 5.59. The van der Waals surface area contributed by atoms with Gasteiger partial charge in [0.25, 0.3) is 5.69 Å². The van der Waals surface area contributed by atoms with Crippen LogP contribution in [0.25, 0.3) is 33.1 Å². The minimum absolute atomic E-state index is 0.108. The van der Waals surface area contributed by atoms with E-state index in [-0.39, 0.29) is 10.6 Å². The lowest BCUT2D eigenvalue weighted by Crippen LogP contribution is -2.08. The maximum Gasteiger partial charge on any atom is 0.284 e. The number of benzene rings is 2. The van der Waals surface area contributed by atoms with E-state index < -0.39 is 0 Å². The summed E-state index contributed by atoms with van der Waals surface area (Å²) in [6, 6.07) is 7.90. The third kappa shape index (κ3) is 2.01. The average molecular weight is 363 g/mol. The molecule has 1 aliphatic rings.